The van der Waals surface area contributed by atoms with E-state index in [2.05, 4.69) is 20.8 Å². The molecule has 0 bridgehead atoms. The van der Waals surface area contributed by atoms with Gasteiger partial charge in [0, 0.05) is 12.3 Å². The molecule has 4 nitrogen and oxygen atoms in total. The minimum Gasteiger partial charge on any atom is -0.459 e. The molecule has 0 aromatic heterocycles. The van der Waals surface area contributed by atoms with Gasteiger partial charge in [0.15, 0.2) is 0 Å². The Balaban J connectivity index is 1.26. The minimum atomic E-state index is -0.318. The van der Waals surface area contributed by atoms with E-state index in [1.807, 2.05) is 44.2 Å². The number of hydrogen-bond acceptors (Lipinski definition) is 4. The van der Waals surface area contributed by atoms with E-state index in [-0.39, 0.29) is 35.4 Å². The van der Waals surface area contributed by atoms with Crippen molar-refractivity contribution in [3.8, 4) is 0 Å². The number of aliphatic hydroxyl groups is 1. The molecule has 210 valence electrons. The first kappa shape index (κ1) is 27.9. The fraction of sp³-hybridized carbons (Fsp3) is 0.765. The number of carbonyl (C=O) groups is 2. The Morgan fingerprint density at radius 2 is 1.61 bits per heavy atom. The third kappa shape index (κ3) is 4.88. The van der Waals surface area contributed by atoms with Crippen molar-refractivity contribution in [2.75, 3.05) is 0 Å². The van der Waals surface area contributed by atoms with Gasteiger partial charge in [-0.15, -0.1) is 0 Å². The Bertz CT molecular complexity index is 1000. The van der Waals surface area contributed by atoms with E-state index in [9.17, 15) is 14.7 Å². The lowest BCUT2D eigenvalue weighted by Crippen LogP contribution is -2.58. The second-order valence-electron chi connectivity index (χ2n) is 14.3. The summed E-state index contributed by atoms with van der Waals surface area (Å²) in [5.74, 6) is 3.68. The molecule has 4 saturated carbocycles. The van der Waals surface area contributed by atoms with Crippen LogP contribution in [0.2, 0.25) is 0 Å². The van der Waals surface area contributed by atoms with Crippen LogP contribution in [0.15, 0.2) is 30.3 Å². The Kier molecular flexibility index (Phi) is 7.86. The molecule has 4 aliphatic rings. The third-order valence-electron chi connectivity index (χ3n) is 12.2. The molecule has 10 atom stereocenters. The second kappa shape index (κ2) is 10.7. The van der Waals surface area contributed by atoms with Crippen molar-refractivity contribution in [1.29, 1.82) is 0 Å². The third-order valence-corrected chi connectivity index (χ3v) is 12.2. The lowest BCUT2D eigenvalue weighted by Gasteiger charge is -2.62. The number of ketones is 1. The molecule has 0 radical (unpaired) electrons. The lowest BCUT2D eigenvalue weighted by molar-refractivity contribution is -0.172. The van der Waals surface area contributed by atoms with Crippen molar-refractivity contribution in [2.45, 2.75) is 111 Å². The molecule has 4 heteroatoms. The average molecular weight is 523 g/mol. The number of ether oxygens (including phenoxy) is 1. The van der Waals surface area contributed by atoms with Crippen molar-refractivity contribution in [3.63, 3.8) is 0 Å². The topological polar surface area (TPSA) is 63.6 Å². The van der Waals surface area contributed by atoms with E-state index < -0.39 is 0 Å². The summed E-state index contributed by atoms with van der Waals surface area (Å²) in [6, 6.07) is 9.28. The summed E-state index contributed by atoms with van der Waals surface area (Å²) in [6.45, 7) is 11.4. The van der Waals surface area contributed by atoms with Crippen LogP contribution in [0.3, 0.4) is 0 Å². The van der Waals surface area contributed by atoms with Crippen LogP contribution in [-0.2, 0) is 9.53 Å². The number of aliphatic hydroxyl groups excluding tert-OH is 1. The molecule has 0 saturated heterocycles. The SMILES string of the molecule is CC(C)C(=O)CC[C@@H](C)[C@H]1CC[C@H]2[C@@H]3C[C@H](O)[C@@H]4C[C@H](OC(=O)c5ccccc5)CC[C@]4(C)[C@H]3CC[C@]12C. The molecule has 0 unspecified atom stereocenters. The Morgan fingerprint density at radius 1 is 0.921 bits per heavy atom. The van der Waals surface area contributed by atoms with Gasteiger partial charge in [-0.1, -0.05) is 52.8 Å². The van der Waals surface area contributed by atoms with E-state index in [1.54, 1.807) is 0 Å². The zero-order chi connectivity index (χ0) is 27.2. The number of fused-ring (bicyclic) bond motifs is 5. The van der Waals surface area contributed by atoms with E-state index in [4.69, 9.17) is 4.74 Å². The summed E-state index contributed by atoms with van der Waals surface area (Å²) >= 11 is 0. The van der Waals surface area contributed by atoms with Crippen molar-refractivity contribution < 1.29 is 19.4 Å². The molecule has 0 spiro atoms. The summed E-state index contributed by atoms with van der Waals surface area (Å²) in [7, 11) is 0. The highest BCUT2D eigenvalue weighted by Gasteiger charge is 2.62. The van der Waals surface area contributed by atoms with E-state index in [0.29, 0.717) is 46.4 Å². The molecule has 1 aromatic rings. The van der Waals surface area contributed by atoms with Gasteiger partial charge in [-0.05, 0) is 116 Å². The van der Waals surface area contributed by atoms with Crippen LogP contribution in [0.25, 0.3) is 0 Å². The molecule has 4 fully saturated rings. The van der Waals surface area contributed by atoms with Crippen LogP contribution >= 0.6 is 0 Å². The molecule has 1 aromatic carbocycles. The molecular formula is C34H50O4. The van der Waals surface area contributed by atoms with Crippen molar-refractivity contribution in [2.24, 2.45) is 52.3 Å². The van der Waals surface area contributed by atoms with Gasteiger partial charge in [-0.3, -0.25) is 4.79 Å². The van der Waals surface area contributed by atoms with Gasteiger partial charge in [-0.25, -0.2) is 4.79 Å². The normalized spacial score (nSPS) is 41.1. The minimum absolute atomic E-state index is 0.105. The van der Waals surface area contributed by atoms with E-state index in [0.717, 1.165) is 38.5 Å². The number of esters is 1. The summed E-state index contributed by atoms with van der Waals surface area (Å²) < 4.78 is 5.96. The van der Waals surface area contributed by atoms with E-state index >= 15 is 0 Å². The monoisotopic (exact) mass is 522 g/mol. The second-order valence-corrected chi connectivity index (χ2v) is 14.3. The zero-order valence-corrected chi connectivity index (χ0v) is 24.3. The Labute approximate surface area is 230 Å². The standard InChI is InChI=1S/C34H50O4/c1-21(2)30(35)14-11-22(3)26-12-13-27-25-20-31(36)29-19-24(38-32(37)23-9-7-6-8-10-23)15-17-34(29,5)28(25)16-18-33(26,27)4/h6-10,21-22,24-29,31,36H,11-20H2,1-5H3/t22-,24-,25+,26-,27+,28+,29+,31+,33-,34-/m1/s1. The molecule has 0 heterocycles. The summed E-state index contributed by atoms with van der Waals surface area (Å²) in [5.41, 5.74) is 1.05. The van der Waals surface area contributed by atoms with Crippen LogP contribution in [0.4, 0.5) is 0 Å². The first-order chi connectivity index (χ1) is 18.0. The maximum Gasteiger partial charge on any atom is 0.338 e. The summed E-state index contributed by atoms with van der Waals surface area (Å²) in [4.78, 5) is 25.0. The van der Waals surface area contributed by atoms with Gasteiger partial charge in [-0.2, -0.15) is 0 Å². The number of carbonyl (C=O) groups excluding carboxylic acids is 2. The molecule has 0 amide bonds. The largest absolute Gasteiger partial charge is 0.459 e. The zero-order valence-electron chi connectivity index (χ0n) is 24.3. The first-order valence-corrected chi connectivity index (χ1v) is 15.5. The van der Waals surface area contributed by atoms with Crippen LogP contribution in [-0.4, -0.2) is 29.1 Å². The van der Waals surface area contributed by atoms with Gasteiger partial charge in [0.1, 0.15) is 11.9 Å². The average Bonchev–Trinajstić information content (AvgIpc) is 3.25. The van der Waals surface area contributed by atoms with Gasteiger partial charge < -0.3 is 9.84 Å². The molecule has 0 aliphatic heterocycles. The van der Waals surface area contributed by atoms with Crippen molar-refractivity contribution in [1.82, 2.24) is 0 Å². The van der Waals surface area contributed by atoms with Gasteiger partial charge in [0.25, 0.3) is 0 Å². The van der Waals surface area contributed by atoms with Crippen molar-refractivity contribution in [3.05, 3.63) is 35.9 Å². The highest BCUT2D eigenvalue weighted by Crippen LogP contribution is 2.68. The van der Waals surface area contributed by atoms with Crippen LogP contribution in [0.5, 0.6) is 0 Å². The van der Waals surface area contributed by atoms with Crippen LogP contribution in [0, 0.1) is 52.3 Å². The summed E-state index contributed by atoms with van der Waals surface area (Å²) in [5, 5.41) is 11.6. The van der Waals surface area contributed by atoms with Crippen LogP contribution < -0.4 is 0 Å². The predicted molar refractivity (Wildman–Crippen MR) is 150 cm³/mol. The number of Topliss-reactive ketones (excluding diaryl/α,β-unsaturated/α-hetero) is 1. The highest BCUT2D eigenvalue weighted by atomic mass is 16.5. The molecule has 4 aliphatic carbocycles. The fourth-order valence-corrected chi connectivity index (χ4v) is 10.00. The van der Waals surface area contributed by atoms with Crippen molar-refractivity contribution >= 4 is 11.8 Å². The fourth-order valence-electron chi connectivity index (χ4n) is 10.00. The Morgan fingerprint density at radius 3 is 2.32 bits per heavy atom. The highest BCUT2D eigenvalue weighted by molar-refractivity contribution is 5.89. The van der Waals surface area contributed by atoms with E-state index in [1.165, 1.54) is 25.7 Å². The maximum atomic E-state index is 12.7. The molecule has 1 N–H and O–H groups in total. The number of hydrogen-bond donors (Lipinski definition) is 1. The summed E-state index contributed by atoms with van der Waals surface area (Å²) in [6.07, 6.45) is 9.99. The predicted octanol–water partition coefficient (Wildman–Crippen LogP) is 7.48. The smallest absolute Gasteiger partial charge is 0.338 e. The van der Waals surface area contributed by atoms with Crippen LogP contribution in [0.1, 0.15) is 109 Å². The molecular weight excluding hydrogens is 472 g/mol. The Hall–Kier alpha value is -1.68. The van der Waals surface area contributed by atoms with Gasteiger partial charge in [0.05, 0.1) is 11.7 Å². The van der Waals surface area contributed by atoms with Gasteiger partial charge >= 0.3 is 5.97 Å². The molecule has 5 rings (SSSR count). The first-order valence-electron chi connectivity index (χ1n) is 15.5. The maximum absolute atomic E-state index is 12.7. The lowest BCUT2D eigenvalue weighted by atomic mass is 9.43. The van der Waals surface area contributed by atoms with Gasteiger partial charge in [0.2, 0.25) is 0 Å². The number of rotatable bonds is 7. The molecule has 38 heavy (non-hydrogen) atoms. The number of benzene rings is 1. The quantitative estimate of drug-likeness (QED) is 0.377.